The van der Waals surface area contributed by atoms with Crippen LogP contribution in [-0.4, -0.2) is 53.8 Å². The number of hydrogen-bond donors (Lipinski definition) is 1. The summed E-state index contributed by atoms with van der Waals surface area (Å²) in [5, 5.41) is 13.8. The number of rotatable bonds is 6. The lowest BCUT2D eigenvalue weighted by Crippen LogP contribution is -2.32. The summed E-state index contributed by atoms with van der Waals surface area (Å²) in [6.45, 7) is 1.19. The summed E-state index contributed by atoms with van der Waals surface area (Å²) in [6.07, 6.45) is 0.708. The fourth-order valence-corrected chi connectivity index (χ4v) is 4.28. The van der Waals surface area contributed by atoms with E-state index in [9.17, 15) is 14.7 Å². The van der Waals surface area contributed by atoms with Gasteiger partial charge in [0.25, 0.3) is 11.7 Å². The molecule has 1 unspecified atom stereocenters. The van der Waals surface area contributed by atoms with Gasteiger partial charge in [-0.05, 0) is 61.6 Å². The van der Waals surface area contributed by atoms with Crippen molar-refractivity contribution >= 4 is 39.8 Å². The molecule has 3 aromatic carbocycles. The highest BCUT2D eigenvalue weighted by Gasteiger charge is 2.45. The fourth-order valence-electron chi connectivity index (χ4n) is 4.15. The molecule has 32 heavy (non-hydrogen) atoms. The zero-order valence-electron chi connectivity index (χ0n) is 18.1. The molecule has 5 nitrogen and oxygen atoms in total. The molecule has 0 saturated carbocycles. The van der Waals surface area contributed by atoms with E-state index < -0.39 is 17.7 Å². The van der Waals surface area contributed by atoms with Crippen molar-refractivity contribution in [3.05, 3.63) is 88.5 Å². The highest BCUT2D eigenvalue weighted by atomic mass is 35.5. The molecule has 164 valence electrons. The number of nitrogens with zero attached hydrogens (tertiary/aromatic N) is 2. The summed E-state index contributed by atoms with van der Waals surface area (Å²) in [4.78, 5) is 29.7. The van der Waals surface area contributed by atoms with Gasteiger partial charge in [0.05, 0.1) is 11.6 Å². The van der Waals surface area contributed by atoms with E-state index in [2.05, 4.69) is 0 Å². The Morgan fingerprint density at radius 2 is 1.69 bits per heavy atom. The van der Waals surface area contributed by atoms with E-state index in [0.717, 1.165) is 22.9 Å². The Bertz CT molecular complexity index is 1200. The predicted octanol–water partition coefficient (Wildman–Crippen LogP) is 4.87. The number of likely N-dealkylation sites (tertiary alicyclic amines) is 1. The SMILES string of the molecule is CN(C)CCCN1C(=O)C(=O)/C(=C(\O)c2ccc3ccccc3c2)C1c1ccc(Cl)cc1. The third-order valence-corrected chi connectivity index (χ3v) is 6.00. The van der Waals surface area contributed by atoms with Gasteiger partial charge in [0.2, 0.25) is 0 Å². The molecule has 1 fully saturated rings. The number of amides is 1. The molecule has 1 atom stereocenters. The van der Waals surface area contributed by atoms with Crippen LogP contribution in [0, 0.1) is 0 Å². The molecule has 1 N–H and O–H groups in total. The Hall–Kier alpha value is -3.15. The van der Waals surface area contributed by atoms with Crippen LogP contribution in [0.5, 0.6) is 0 Å². The van der Waals surface area contributed by atoms with Crippen LogP contribution < -0.4 is 0 Å². The first kappa shape index (κ1) is 22.1. The van der Waals surface area contributed by atoms with Gasteiger partial charge in [-0.1, -0.05) is 60.1 Å². The molecule has 0 bridgehead atoms. The first-order chi connectivity index (χ1) is 15.4. The number of fused-ring (bicyclic) bond motifs is 1. The van der Waals surface area contributed by atoms with Crippen molar-refractivity contribution in [3.8, 4) is 0 Å². The number of halogens is 1. The molecule has 0 aromatic heterocycles. The number of Topliss-reactive ketones (excluding diaryl/α,β-unsaturated/α-hetero) is 1. The number of carbonyl (C=O) groups is 2. The molecular formula is C26H25ClN2O3. The lowest BCUT2D eigenvalue weighted by atomic mass is 9.94. The van der Waals surface area contributed by atoms with Gasteiger partial charge in [-0.2, -0.15) is 0 Å². The third kappa shape index (κ3) is 4.27. The zero-order chi connectivity index (χ0) is 22.8. The highest BCUT2D eigenvalue weighted by Crippen LogP contribution is 2.40. The largest absolute Gasteiger partial charge is 0.507 e. The number of aliphatic hydroxyl groups excluding tert-OH is 1. The average Bonchev–Trinajstić information content (AvgIpc) is 3.03. The van der Waals surface area contributed by atoms with Crippen LogP contribution in [0.25, 0.3) is 16.5 Å². The van der Waals surface area contributed by atoms with Gasteiger partial charge in [0.15, 0.2) is 0 Å². The van der Waals surface area contributed by atoms with Crippen LogP contribution >= 0.6 is 11.6 Å². The van der Waals surface area contributed by atoms with Crippen molar-refractivity contribution in [2.45, 2.75) is 12.5 Å². The van der Waals surface area contributed by atoms with Crippen molar-refractivity contribution in [2.24, 2.45) is 0 Å². The van der Waals surface area contributed by atoms with Crippen molar-refractivity contribution in [1.29, 1.82) is 0 Å². The van der Waals surface area contributed by atoms with Gasteiger partial charge in [0, 0.05) is 17.1 Å². The Morgan fingerprint density at radius 1 is 1.00 bits per heavy atom. The fraction of sp³-hybridized carbons (Fsp3) is 0.231. The van der Waals surface area contributed by atoms with Gasteiger partial charge in [-0.3, -0.25) is 9.59 Å². The molecular weight excluding hydrogens is 424 g/mol. The van der Waals surface area contributed by atoms with Crippen molar-refractivity contribution < 1.29 is 14.7 Å². The van der Waals surface area contributed by atoms with Crippen LogP contribution in [0.1, 0.15) is 23.6 Å². The van der Waals surface area contributed by atoms with Crippen LogP contribution in [0.15, 0.2) is 72.3 Å². The number of benzene rings is 3. The van der Waals surface area contributed by atoms with Gasteiger partial charge >= 0.3 is 0 Å². The van der Waals surface area contributed by atoms with Gasteiger partial charge in [-0.15, -0.1) is 0 Å². The van der Waals surface area contributed by atoms with Crippen molar-refractivity contribution in [3.63, 3.8) is 0 Å². The molecule has 3 aromatic rings. The molecule has 1 amide bonds. The summed E-state index contributed by atoms with van der Waals surface area (Å²) in [5.74, 6) is -1.42. The van der Waals surface area contributed by atoms with Gasteiger partial charge in [0.1, 0.15) is 5.76 Å². The molecule has 1 aliphatic rings. The Kier molecular flexibility index (Phi) is 6.31. The van der Waals surface area contributed by atoms with Gasteiger partial charge in [-0.25, -0.2) is 0 Å². The monoisotopic (exact) mass is 448 g/mol. The Balaban J connectivity index is 1.81. The summed E-state index contributed by atoms with van der Waals surface area (Å²) >= 11 is 6.07. The first-order valence-corrected chi connectivity index (χ1v) is 10.9. The standard InChI is InChI=1S/C26H25ClN2O3/c1-28(2)14-5-15-29-23(18-10-12-21(27)13-11-18)22(25(31)26(29)32)24(30)20-9-8-17-6-3-4-7-19(17)16-20/h3-4,6-13,16,23,30H,5,14-15H2,1-2H3/b24-22-. The lowest BCUT2D eigenvalue weighted by molar-refractivity contribution is -0.139. The number of hydrogen-bond acceptors (Lipinski definition) is 4. The van der Waals surface area contributed by atoms with E-state index in [1.165, 1.54) is 0 Å². The van der Waals surface area contributed by atoms with E-state index in [1.807, 2.05) is 55.4 Å². The van der Waals surface area contributed by atoms with Crippen LogP contribution in [0.2, 0.25) is 5.02 Å². The smallest absolute Gasteiger partial charge is 0.295 e. The van der Waals surface area contributed by atoms with Crippen molar-refractivity contribution in [2.75, 3.05) is 27.2 Å². The maximum Gasteiger partial charge on any atom is 0.295 e. The molecule has 1 aliphatic heterocycles. The van der Waals surface area contributed by atoms with Gasteiger partial charge < -0.3 is 14.9 Å². The second-order valence-corrected chi connectivity index (χ2v) is 8.70. The van der Waals surface area contributed by atoms with Crippen LogP contribution in [0.4, 0.5) is 0 Å². The maximum absolute atomic E-state index is 13.1. The van der Waals surface area contributed by atoms with Crippen LogP contribution in [0.3, 0.4) is 0 Å². The van der Waals surface area contributed by atoms with E-state index in [4.69, 9.17) is 11.6 Å². The lowest BCUT2D eigenvalue weighted by Gasteiger charge is -2.26. The number of carbonyl (C=O) groups excluding carboxylic acids is 2. The Morgan fingerprint density at radius 3 is 2.38 bits per heavy atom. The van der Waals surface area contributed by atoms with E-state index in [1.54, 1.807) is 35.2 Å². The summed E-state index contributed by atoms with van der Waals surface area (Å²) in [6, 6.07) is 19.7. The second kappa shape index (κ2) is 9.15. The molecule has 1 saturated heterocycles. The minimum Gasteiger partial charge on any atom is -0.507 e. The molecule has 0 radical (unpaired) electrons. The van der Waals surface area contributed by atoms with E-state index >= 15 is 0 Å². The molecule has 0 spiro atoms. The molecule has 6 heteroatoms. The third-order valence-electron chi connectivity index (χ3n) is 5.75. The molecule has 4 rings (SSSR count). The average molecular weight is 449 g/mol. The summed E-state index contributed by atoms with van der Waals surface area (Å²) in [5.41, 5.74) is 1.35. The van der Waals surface area contributed by atoms with E-state index in [-0.39, 0.29) is 11.3 Å². The molecule has 1 heterocycles. The first-order valence-electron chi connectivity index (χ1n) is 10.5. The van der Waals surface area contributed by atoms with E-state index in [0.29, 0.717) is 23.6 Å². The Labute approximate surface area is 192 Å². The maximum atomic E-state index is 13.1. The minimum atomic E-state index is -0.666. The topological polar surface area (TPSA) is 60.9 Å². The quantitative estimate of drug-likeness (QED) is 0.332. The summed E-state index contributed by atoms with van der Waals surface area (Å²) < 4.78 is 0. The number of ketones is 1. The minimum absolute atomic E-state index is 0.109. The van der Waals surface area contributed by atoms with Crippen LogP contribution in [-0.2, 0) is 9.59 Å². The van der Waals surface area contributed by atoms with Crippen molar-refractivity contribution in [1.82, 2.24) is 9.80 Å². The highest BCUT2D eigenvalue weighted by molar-refractivity contribution is 6.46. The normalized spacial score (nSPS) is 18.1. The predicted molar refractivity (Wildman–Crippen MR) is 128 cm³/mol. The number of aliphatic hydroxyl groups is 1. The zero-order valence-corrected chi connectivity index (χ0v) is 18.8. The second-order valence-electron chi connectivity index (χ2n) is 8.26. The molecule has 0 aliphatic carbocycles. The summed E-state index contributed by atoms with van der Waals surface area (Å²) in [7, 11) is 3.93.